The van der Waals surface area contributed by atoms with E-state index in [0.717, 1.165) is 0 Å². The smallest absolute Gasteiger partial charge is 0.329 e. The lowest BCUT2D eigenvalue weighted by Crippen LogP contribution is -2.33. The summed E-state index contributed by atoms with van der Waals surface area (Å²) < 4.78 is 1.40. The van der Waals surface area contributed by atoms with E-state index in [9.17, 15) is 14.7 Å². The third-order valence-electron chi connectivity index (χ3n) is 3.10. The van der Waals surface area contributed by atoms with Crippen LogP contribution < -0.4 is 11.2 Å². The van der Waals surface area contributed by atoms with Gasteiger partial charge in [0.05, 0.1) is 23.3 Å². The molecule has 1 aromatic heterocycles. The molecular formula is C11H15ClN2O4S. The van der Waals surface area contributed by atoms with Crippen LogP contribution in [-0.4, -0.2) is 43.6 Å². The predicted molar refractivity (Wildman–Crippen MR) is 73.9 cm³/mol. The summed E-state index contributed by atoms with van der Waals surface area (Å²) in [5.41, 5.74) is -0.493. The van der Waals surface area contributed by atoms with Crippen molar-refractivity contribution in [3.63, 3.8) is 0 Å². The highest BCUT2D eigenvalue weighted by Gasteiger charge is 2.34. The number of aryl methyl sites for hydroxylation is 1. The van der Waals surface area contributed by atoms with Crippen molar-refractivity contribution in [1.29, 1.82) is 0 Å². The Labute approximate surface area is 118 Å². The molecule has 8 heteroatoms. The fourth-order valence-electron chi connectivity index (χ4n) is 2.07. The molecule has 6 nitrogen and oxygen atoms in total. The molecule has 1 saturated heterocycles. The summed E-state index contributed by atoms with van der Waals surface area (Å²) in [5, 5.41) is 18.3. The Bertz CT molecular complexity index is 558. The second kappa shape index (κ2) is 6.13. The molecule has 2 rings (SSSR count). The van der Waals surface area contributed by atoms with Crippen molar-refractivity contribution in [1.82, 2.24) is 9.55 Å². The molecule has 1 unspecified atom stereocenters. The molecule has 3 atom stereocenters. The van der Waals surface area contributed by atoms with E-state index in [1.54, 1.807) is 0 Å². The van der Waals surface area contributed by atoms with Crippen LogP contribution in [0.1, 0.15) is 17.4 Å². The van der Waals surface area contributed by atoms with Gasteiger partial charge in [-0.25, -0.2) is 4.79 Å². The number of H-pyrrole nitrogens is 1. The molecule has 0 aliphatic carbocycles. The minimum atomic E-state index is -0.657. The average Bonchev–Trinajstić information content (AvgIpc) is 2.74. The average molecular weight is 307 g/mol. The van der Waals surface area contributed by atoms with Crippen LogP contribution in [-0.2, 0) is 6.42 Å². The summed E-state index contributed by atoms with van der Waals surface area (Å²) in [7, 11) is 0. The van der Waals surface area contributed by atoms with E-state index in [0.29, 0.717) is 24.3 Å². The van der Waals surface area contributed by atoms with Gasteiger partial charge in [0.1, 0.15) is 0 Å². The van der Waals surface area contributed by atoms with Gasteiger partial charge in [-0.05, 0) is 6.42 Å². The Kier molecular flexibility index (Phi) is 4.72. The van der Waals surface area contributed by atoms with E-state index >= 15 is 0 Å². The summed E-state index contributed by atoms with van der Waals surface area (Å²) in [6.07, 6.45) is 1.58. The highest BCUT2D eigenvalue weighted by Crippen LogP contribution is 2.40. The van der Waals surface area contributed by atoms with Gasteiger partial charge in [0.25, 0.3) is 5.56 Å². The number of hydrogen-bond donors (Lipinski definition) is 3. The van der Waals surface area contributed by atoms with Crippen molar-refractivity contribution >= 4 is 23.4 Å². The van der Waals surface area contributed by atoms with Gasteiger partial charge in [-0.1, -0.05) is 0 Å². The van der Waals surface area contributed by atoms with E-state index in [2.05, 4.69) is 4.98 Å². The van der Waals surface area contributed by atoms with Crippen molar-refractivity contribution in [2.45, 2.75) is 29.6 Å². The Balaban J connectivity index is 2.33. The third kappa shape index (κ3) is 3.05. The van der Waals surface area contributed by atoms with Gasteiger partial charge in [0, 0.05) is 24.1 Å². The zero-order chi connectivity index (χ0) is 14.0. The van der Waals surface area contributed by atoms with Crippen LogP contribution in [0.3, 0.4) is 0 Å². The molecule has 0 saturated carbocycles. The van der Waals surface area contributed by atoms with Gasteiger partial charge in [0.15, 0.2) is 0 Å². The molecule has 3 N–H and O–H groups in total. The molecule has 0 amide bonds. The molecular weight excluding hydrogens is 292 g/mol. The lowest BCUT2D eigenvalue weighted by atomic mass is 10.2. The molecule has 1 aliphatic rings. The first kappa shape index (κ1) is 14.6. The van der Waals surface area contributed by atoms with Gasteiger partial charge < -0.3 is 10.2 Å². The maximum absolute atomic E-state index is 11.8. The molecule has 0 aromatic carbocycles. The number of aliphatic hydroxyl groups is 2. The van der Waals surface area contributed by atoms with Crippen LogP contribution in [0, 0.1) is 0 Å². The Morgan fingerprint density at radius 2 is 2.26 bits per heavy atom. The Hall–Kier alpha value is -0.760. The first-order chi connectivity index (χ1) is 9.06. The SMILES string of the molecule is O=c1[nH]c(=O)n(C2C[C@H](O)[C@@H](CO)S2)cc1CCCl. The van der Waals surface area contributed by atoms with E-state index in [4.69, 9.17) is 16.7 Å². The minimum absolute atomic E-state index is 0.144. The number of aromatic amines is 1. The van der Waals surface area contributed by atoms with Crippen molar-refractivity contribution in [2.75, 3.05) is 12.5 Å². The second-order valence-electron chi connectivity index (χ2n) is 4.37. The van der Waals surface area contributed by atoms with Gasteiger partial charge >= 0.3 is 5.69 Å². The lowest BCUT2D eigenvalue weighted by molar-refractivity contribution is 0.137. The van der Waals surface area contributed by atoms with Gasteiger partial charge in [0.2, 0.25) is 0 Å². The largest absolute Gasteiger partial charge is 0.395 e. The number of halogens is 1. The second-order valence-corrected chi connectivity index (χ2v) is 6.17. The molecule has 1 aliphatic heterocycles. The zero-order valence-electron chi connectivity index (χ0n) is 10.1. The summed E-state index contributed by atoms with van der Waals surface area (Å²) >= 11 is 6.94. The molecule has 1 aromatic rings. The number of aliphatic hydroxyl groups excluding tert-OH is 2. The molecule has 2 heterocycles. The van der Waals surface area contributed by atoms with E-state index in [1.165, 1.54) is 22.5 Å². The molecule has 106 valence electrons. The first-order valence-electron chi connectivity index (χ1n) is 5.91. The molecule has 0 bridgehead atoms. The zero-order valence-corrected chi connectivity index (χ0v) is 11.7. The topological polar surface area (TPSA) is 95.3 Å². The third-order valence-corrected chi connectivity index (χ3v) is 4.84. The summed E-state index contributed by atoms with van der Waals surface area (Å²) in [4.78, 5) is 25.6. The van der Waals surface area contributed by atoms with Crippen molar-refractivity contribution < 1.29 is 10.2 Å². The minimum Gasteiger partial charge on any atom is -0.395 e. The van der Waals surface area contributed by atoms with Crippen LogP contribution in [0.15, 0.2) is 15.8 Å². The number of thioether (sulfide) groups is 1. The standard InChI is InChI=1S/C11H15ClN2O4S/c12-2-1-6-4-14(11(18)13-10(6)17)9-3-7(16)8(5-15)19-9/h4,7-9,15-16H,1-3,5H2,(H,13,17,18)/t7-,8+,9?/m0/s1. The maximum Gasteiger partial charge on any atom is 0.329 e. The normalized spacial score (nSPS) is 26.8. The molecule has 0 radical (unpaired) electrons. The Morgan fingerprint density at radius 3 is 2.84 bits per heavy atom. The van der Waals surface area contributed by atoms with E-state index in [1.807, 2.05) is 0 Å². The number of hydrogen-bond acceptors (Lipinski definition) is 5. The van der Waals surface area contributed by atoms with E-state index < -0.39 is 17.4 Å². The fraction of sp³-hybridized carbons (Fsp3) is 0.636. The highest BCUT2D eigenvalue weighted by molar-refractivity contribution is 8.00. The predicted octanol–water partition coefficient (Wildman–Crippen LogP) is -0.325. The lowest BCUT2D eigenvalue weighted by Gasteiger charge is -2.13. The van der Waals surface area contributed by atoms with E-state index in [-0.39, 0.29) is 17.2 Å². The quantitative estimate of drug-likeness (QED) is 0.662. The molecule has 1 fully saturated rings. The number of nitrogens with one attached hydrogen (secondary N) is 1. The van der Waals surface area contributed by atoms with Crippen molar-refractivity contribution in [3.8, 4) is 0 Å². The van der Waals surface area contributed by atoms with Crippen LogP contribution in [0.4, 0.5) is 0 Å². The van der Waals surface area contributed by atoms with Crippen LogP contribution in [0.5, 0.6) is 0 Å². The number of alkyl halides is 1. The number of aromatic nitrogens is 2. The summed E-state index contributed by atoms with van der Waals surface area (Å²) in [6.45, 7) is -0.144. The summed E-state index contributed by atoms with van der Waals surface area (Å²) in [5.74, 6) is 0.293. The van der Waals surface area contributed by atoms with Crippen LogP contribution in [0.25, 0.3) is 0 Å². The number of nitrogens with zero attached hydrogens (tertiary/aromatic N) is 1. The van der Waals surface area contributed by atoms with Gasteiger partial charge in [-0.2, -0.15) is 0 Å². The maximum atomic E-state index is 11.8. The van der Waals surface area contributed by atoms with Crippen molar-refractivity contribution in [3.05, 3.63) is 32.6 Å². The monoisotopic (exact) mass is 306 g/mol. The first-order valence-corrected chi connectivity index (χ1v) is 7.39. The van der Waals surface area contributed by atoms with Crippen LogP contribution >= 0.6 is 23.4 Å². The summed E-state index contributed by atoms with van der Waals surface area (Å²) in [6, 6.07) is 0. The highest BCUT2D eigenvalue weighted by atomic mass is 35.5. The Morgan fingerprint density at radius 1 is 1.53 bits per heavy atom. The number of rotatable bonds is 4. The molecule has 0 spiro atoms. The van der Waals surface area contributed by atoms with Gasteiger partial charge in [-0.3, -0.25) is 14.3 Å². The van der Waals surface area contributed by atoms with Gasteiger partial charge in [-0.15, -0.1) is 23.4 Å². The van der Waals surface area contributed by atoms with Crippen LogP contribution in [0.2, 0.25) is 0 Å². The van der Waals surface area contributed by atoms with Crippen molar-refractivity contribution in [2.24, 2.45) is 0 Å². The molecule has 19 heavy (non-hydrogen) atoms. The fourth-order valence-corrected chi connectivity index (χ4v) is 3.65.